The fourth-order valence-electron chi connectivity index (χ4n) is 4.78. The van der Waals surface area contributed by atoms with Gasteiger partial charge in [-0.05, 0) is 48.9 Å². The summed E-state index contributed by atoms with van der Waals surface area (Å²) in [5.74, 6) is -0.163. The molecule has 30 heavy (non-hydrogen) atoms. The summed E-state index contributed by atoms with van der Waals surface area (Å²) in [4.78, 5) is 33.1. The molecule has 3 aromatic heterocycles. The number of nitrogens with zero attached hydrogens (tertiary/aromatic N) is 3. The average Bonchev–Trinajstić information content (AvgIpc) is 3.35. The van der Waals surface area contributed by atoms with Gasteiger partial charge in [-0.15, -0.1) is 11.3 Å². The average molecular weight is 423 g/mol. The number of rotatable bonds is 4. The molecule has 2 aliphatic rings. The van der Waals surface area contributed by atoms with Gasteiger partial charge >= 0.3 is 0 Å². The number of pyridine rings is 1. The Morgan fingerprint density at radius 3 is 2.90 bits per heavy atom. The Labute approximate surface area is 179 Å². The molecule has 3 aromatic rings. The first kappa shape index (κ1) is 19.3. The van der Waals surface area contributed by atoms with Crippen molar-refractivity contribution in [2.24, 2.45) is 0 Å². The quantitative estimate of drug-likeness (QED) is 0.692. The molecule has 0 spiro atoms. The standard InChI is InChI=1S/C23H26N4O2S/c1-23(22(29)25-17-7-3-2-4-8-17)15-26-18-9-11-30-20(18)12-19(26)21(28)27(23)14-16-6-5-10-24-13-16/h5-6,9-13,17H,2-4,7-8,14-15H2,1H3,(H,25,29)/t23-/m1/s1. The smallest absolute Gasteiger partial charge is 0.271 e. The van der Waals surface area contributed by atoms with Crippen LogP contribution in [0.1, 0.15) is 55.1 Å². The molecule has 1 fully saturated rings. The monoisotopic (exact) mass is 422 g/mol. The Kier molecular flexibility index (Phi) is 4.85. The van der Waals surface area contributed by atoms with Crippen molar-refractivity contribution in [1.29, 1.82) is 0 Å². The zero-order valence-electron chi connectivity index (χ0n) is 17.1. The first-order valence-corrected chi connectivity index (χ1v) is 11.5. The number of carbonyl (C=O) groups is 2. The number of hydrogen-bond donors (Lipinski definition) is 1. The number of aromatic nitrogens is 2. The molecule has 156 valence electrons. The van der Waals surface area contributed by atoms with Crippen molar-refractivity contribution in [3.63, 3.8) is 0 Å². The van der Waals surface area contributed by atoms with Gasteiger partial charge in [0.25, 0.3) is 5.91 Å². The molecule has 4 heterocycles. The highest BCUT2D eigenvalue weighted by atomic mass is 32.1. The first-order valence-electron chi connectivity index (χ1n) is 10.6. The molecule has 1 saturated carbocycles. The Morgan fingerprint density at radius 2 is 2.13 bits per heavy atom. The Balaban J connectivity index is 1.53. The van der Waals surface area contributed by atoms with Gasteiger partial charge in [-0.2, -0.15) is 0 Å². The van der Waals surface area contributed by atoms with Crippen LogP contribution in [-0.4, -0.2) is 37.8 Å². The lowest BCUT2D eigenvalue weighted by atomic mass is 9.91. The number of amides is 2. The molecule has 1 aliphatic heterocycles. The molecule has 1 N–H and O–H groups in total. The van der Waals surface area contributed by atoms with E-state index in [9.17, 15) is 9.59 Å². The fraction of sp³-hybridized carbons (Fsp3) is 0.435. The summed E-state index contributed by atoms with van der Waals surface area (Å²) >= 11 is 1.62. The van der Waals surface area contributed by atoms with E-state index in [0.29, 0.717) is 18.8 Å². The summed E-state index contributed by atoms with van der Waals surface area (Å²) in [5, 5.41) is 5.30. The van der Waals surface area contributed by atoms with Crippen LogP contribution in [0.4, 0.5) is 0 Å². The minimum atomic E-state index is -0.967. The third-order valence-corrected chi connectivity index (χ3v) is 7.39. The zero-order valence-corrected chi connectivity index (χ0v) is 18.0. The highest BCUT2D eigenvalue weighted by Gasteiger charge is 2.48. The molecule has 2 amide bonds. The van der Waals surface area contributed by atoms with Crippen molar-refractivity contribution >= 4 is 33.4 Å². The van der Waals surface area contributed by atoms with E-state index in [-0.39, 0.29) is 17.9 Å². The van der Waals surface area contributed by atoms with Gasteiger partial charge in [0.2, 0.25) is 5.91 Å². The van der Waals surface area contributed by atoms with Crippen molar-refractivity contribution in [2.45, 2.75) is 63.7 Å². The molecule has 0 radical (unpaired) electrons. The van der Waals surface area contributed by atoms with Crippen LogP contribution in [-0.2, 0) is 17.9 Å². The van der Waals surface area contributed by atoms with Gasteiger partial charge < -0.3 is 14.8 Å². The van der Waals surface area contributed by atoms with E-state index in [1.165, 1.54) is 6.42 Å². The van der Waals surface area contributed by atoms with Crippen molar-refractivity contribution in [1.82, 2.24) is 19.8 Å². The topological polar surface area (TPSA) is 67.2 Å². The second-order valence-electron chi connectivity index (χ2n) is 8.62. The Bertz CT molecular complexity index is 1080. The van der Waals surface area contributed by atoms with Crippen LogP contribution < -0.4 is 5.32 Å². The highest BCUT2D eigenvalue weighted by molar-refractivity contribution is 7.17. The highest BCUT2D eigenvalue weighted by Crippen LogP contribution is 2.35. The third kappa shape index (κ3) is 3.21. The van der Waals surface area contributed by atoms with Crippen LogP contribution in [0.25, 0.3) is 10.2 Å². The number of thiophene rings is 1. The molecular weight excluding hydrogens is 396 g/mol. The molecule has 6 nitrogen and oxygen atoms in total. The summed E-state index contributed by atoms with van der Waals surface area (Å²) < 4.78 is 3.10. The van der Waals surface area contributed by atoms with Crippen molar-refractivity contribution in [3.05, 3.63) is 53.3 Å². The predicted molar refractivity (Wildman–Crippen MR) is 117 cm³/mol. The van der Waals surface area contributed by atoms with Gasteiger partial charge in [0.15, 0.2) is 0 Å². The summed E-state index contributed by atoms with van der Waals surface area (Å²) in [6.07, 6.45) is 9.05. The predicted octanol–water partition coefficient (Wildman–Crippen LogP) is 3.96. The van der Waals surface area contributed by atoms with Crippen LogP contribution in [0.5, 0.6) is 0 Å². The molecule has 0 saturated heterocycles. The fourth-order valence-corrected chi connectivity index (χ4v) is 5.61. The maximum absolute atomic E-state index is 13.6. The molecule has 0 bridgehead atoms. The summed E-state index contributed by atoms with van der Waals surface area (Å²) in [5.41, 5.74) is 1.64. The molecule has 0 unspecified atom stereocenters. The van der Waals surface area contributed by atoms with Crippen molar-refractivity contribution in [3.8, 4) is 0 Å². The number of hydrogen-bond acceptors (Lipinski definition) is 4. The summed E-state index contributed by atoms with van der Waals surface area (Å²) in [7, 11) is 0. The molecule has 7 heteroatoms. The minimum Gasteiger partial charge on any atom is -0.351 e. The van der Waals surface area contributed by atoms with Crippen molar-refractivity contribution in [2.75, 3.05) is 0 Å². The van der Waals surface area contributed by atoms with Gasteiger partial charge in [-0.1, -0.05) is 25.3 Å². The van der Waals surface area contributed by atoms with Gasteiger partial charge in [-0.3, -0.25) is 14.6 Å². The second-order valence-corrected chi connectivity index (χ2v) is 9.57. The summed E-state index contributed by atoms with van der Waals surface area (Å²) in [6, 6.07) is 8.00. The molecule has 0 aromatic carbocycles. The zero-order chi connectivity index (χ0) is 20.7. The largest absolute Gasteiger partial charge is 0.351 e. The normalized spacial score (nSPS) is 22.3. The van der Waals surface area contributed by atoms with E-state index < -0.39 is 5.54 Å². The van der Waals surface area contributed by atoms with E-state index in [4.69, 9.17) is 0 Å². The molecular formula is C23H26N4O2S. The summed E-state index contributed by atoms with van der Waals surface area (Å²) in [6.45, 7) is 2.72. The van der Waals surface area contributed by atoms with Crippen LogP contribution in [0.2, 0.25) is 0 Å². The number of carbonyl (C=O) groups excluding carboxylic acids is 2. The minimum absolute atomic E-state index is 0.0608. The van der Waals surface area contributed by atoms with E-state index in [1.807, 2.05) is 41.1 Å². The van der Waals surface area contributed by atoms with Gasteiger partial charge in [-0.25, -0.2) is 0 Å². The Hall–Kier alpha value is -2.67. The molecule has 1 atom stereocenters. The first-order chi connectivity index (χ1) is 14.6. The lowest BCUT2D eigenvalue weighted by Gasteiger charge is -2.44. The van der Waals surface area contributed by atoms with Gasteiger partial charge in [0, 0.05) is 25.0 Å². The second kappa shape index (κ2) is 7.54. The lowest BCUT2D eigenvalue weighted by molar-refractivity contribution is -0.134. The van der Waals surface area contributed by atoms with E-state index >= 15 is 0 Å². The van der Waals surface area contributed by atoms with Crippen LogP contribution in [0, 0.1) is 0 Å². The van der Waals surface area contributed by atoms with Gasteiger partial charge in [0.1, 0.15) is 11.2 Å². The molecule has 1 aliphatic carbocycles. The molecule has 5 rings (SSSR count). The van der Waals surface area contributed by atoms with Crippen LogP contribution in [0.3, 0.4) is 0 Å². The van der Waals surface area contributed by atoms with Crippen LogP contribution >= 0.6 is 11.3 Å². The van der Waals surface area contributed by atoms with E-state index in [1.54, 1.807) is 28.6 Å². The number of nitrogens with one attached hydrogen (secondary N) is 1. The maximum Gasteiger partial charge on any atom is 0.271 e. The van der Waals surface area contributed by atoms with Gasteiger partial charge in [0.05, 0.1) is 16.8 Å². The third-order valence-electron chi connectivity index (χ3n) is 6.54. The lowest BCUT2D eigenvalue weighted by Crippen LogP contribution is -2.64. The van der Waals surface area contributed by atoms with Crippen molar-refractivity contribution < 1.29 is 9.59 Å². The maximum atomic E-state index is 13.6. The Morgan fingerprint density at radius 1 is 1.30 bits per heavy atom. The van der Waals surface area contributed by atoms with Crippen LogP contribution in [0.15, 0.2) is 42.0 Å². The van der Waals surface area contributed by atoms with E-state index in [2.05, 4.69) is 10.3 Å². The van der Waals surface area contributed by atoms with E-state index in [0.717, 1.165) is 41.5 Å². The SMILES string of the molecule is C[C@]1(C(=O)NC2CCCCC2)Cn2c(cc3sccc32)C(=O)N1Cc1cccnc1. The number of fused-ring (bicyclic) bond motifs is 3.